The van der Waals surface area contributed by atoms with Crippen molar-refractivity contribution in [3.8, 4) is 0 Å². The van der Waals surface area contributed by atoms with Crippen molar-refractivity contribution in [2.24, 2.45) is 0 Å². The van der Waals surface area contributed by atoms with Crippen LogP contribution in [0.2, 0.25) is 0 Å². The van der Waals surface area contributed by atoms with E-state index in [1.807, 2.05) is 6.92 Å². The molecule has 22 heavy (non-hydrogen) atoms. The maximum absolute atomic E-state index is 12.3. The lowest BCUT2D eigenvalue weighted by molar-refractivity contribution is -0.116. The quantitative estimate of drug-likeness (QED) is 0.844. The molecule has 1 aliphatic rings. The smallest absolute Gasteiger partial charge is 0.240 e. The van der Waals surface area contributed by atoms with Gasteiger partial charge in [0.15, 0.2) is 0 Å². The van der Waals surface area contributed by atoms with Crippen molar-refractivity contribution in [1.82, 2.24) is 4.72 Å². The van der Waals surface area contributed by atoms with Crippen molar-refractivity contribution < 1.29 is 13.2 Å². The number of rotatable bonds is 6. The van der Waals surface area contributed by atoms with E-state index >= 15 is 0 Å². The van der Waals surface area contributed by atoms with Crippen LogP contribution in [0.5, 0.6) is 0 Å². The molecule has 5 nitrogen and oxygen atoms in total. The Hall–Kier alpha value is -1.40. The Bertz CT molecular complexity index is 590. The average molecular weight is 324 g/mol. The zero-order valence-corrected chi connectivity index (χ0v) is 13.8. The molecule has 0 aliphatic heterocycles. The molecule has 0 unspecified atom stereocenters. The fourth-order valence-electron chi connectivity index (χ4n) is 2.68. The minimum Gasteiger partial charge on any atom is -0.326 e. The van der Waals surface area contributed by atoms with E-state index in [1.54, 1.807) is 12.1 Å². The van der Waals surface area contributed by atoms with Crippen molar-refractivity contribution in [3.05, 3.63) is 24.3 Å². The van der Waals surface area contributed by atoms with E-state index < -0.39 is 10.0 Å². The zero-order valence-electron chi connectivity index (χ0n) is 13.0. The van der Waals surface area contributed by atoms with Crippen LogP contribution in [0.3, 0.4) is 0 Å². The lowest BCUT2D eigenvalue weighted by Crippen LogP contribution is -2.36. The fourth-order valence-corrected chi connectivity index (χ4v) is 3.98. The van der Waals surface area contributed by atoms with Crippen LogP contribution in [0.25, 0.3) is 0 Å². The third-order valence-electron chi connectivity index (χ3n) is 3.85. The highest BCUT2D eigenvalue weighted by atomic mass is 32.2. The maximum Gasteiger partial charge on any atom is 0.240 e. The SMILES string of the molecule is CCCC(=O)Nc1ccc(S(=O)(=O)NC2CCCCC2)cc1. The lowest BCUT2D eigenvalue weighted by Gasteiger charge is -2.22. The minimum atomic E-state index is -3.48. The van der Waals surface area contributed by atoms with Crippen LogP contribution < -0.4 is 10.0 Å². The standard InChI is InChI=1S/C16H24N2O3S/c1-2-6-16(19)17-13-9-11-15(12-10-13)22(20,21)18-14-7-4-3-5-8-14/h9-12,14,18H,2-8H2,1H3,(H,17,19). The molecule has 0 aromatic heterocycles. The van der Waals surface area contributed by atoms with Crippen LogP contribution >= 0.6 is 0 Å². The van der Waals surface area contributed by atoms with E-state index in [0.29, 0.717) is 12.1 Å². The third-order valence-corrected chi connectivity index (χ3v) is 5.39. The largest absolute Gasteiger partial charge is 0.326 e. The van der Waals surface area contributed by atoms with Crippen LogP contribution in [0.15, 0.2) is 29.2 Å². The third kappa shape index (κ3) is 4.81. The molecule has 0 heterocycles. The molecule has 1 aliphatic carbocycles. The molecule has 0 spiro atoms. The van der Waals surface area contributed by atoms with Gasteiger partial charge in [-0.3, -0.25) is 4.79 Å². The van der Waals surface area contributed by atoms with Gasteiger partial charge in [0, 0.05) is 18.2 Å². The first-order valence-corrected chi connectivity index (χ1v) is 9.42. The van der Waals surface area contributed by atoms with Crippen LogP contribution in [0.4, 0.5) is 5.69 Å². The molecule has 0 atom stereocenters. The highest BCUT2D eigenvalue weighted by Crippen LogP contribution is 2.20. The second-order valence-electron chi connectivity index (χ2n) is 5.78. The monoisotopic (exact) mass is 324 g/mol. The van der Waals surface area contributed by atoms with Crippen molar-refractivity contribution in [2.45, 2.75) is 62.8 Å². The number of amides is 1. The van der Waals surface area contributed by atoms with E-state index in [1.165, 1.54) is 18.6 Å². The summed E-state index contributed by atoms with van der Waals surface area (Å²) in [6, 6.07) is 6.37. The summed E-state index contributed by atoms with van der Waals surface area (Å²) in [5.41, 5.74) is 0.620. The number of carbonyl (C=O) groups is 1. The molecule has 1 aromatic carbocycles. The molecule has 2 N–H and O–H groups in total. The summed E-state index contributed by atoms with van der Waals surface area (Å²) in [6.45, 7) is 1.94. The van der Waals surface area contributed by atoms with Crippen LogP contribution in [0.1, 0.15) is 51.9 Å². The number of anilines is 1. The zero-order chi connectivity index (χ0) is 16.0. The van der Waals surface area contributed by atoms with Crippen LogP contribution in [0, 0.1) is 0 Å². The normalized spacial score (nSPS) is 16.4. The van der Waals surface area contributed by atoms with E-state index in [2.05, 4.69) is 10.0 Å². The highest BCUT2D eigenvalue weighted by Gasteiger charge is 2.21. The average Bonchev–Trinajstić information content (AvgIpc) is 2.48. The van der Waals surface area contributed by atoms with Crippen LogP contribution in [-0.2, 0) is 14.8 Å². The molecule has 1 amide bonds. The number of hydrogen-bond acceptors (Lipinski definition) is 3. The van der Waals surface area contributed by atoms with Crippen molar-refractivity contribution in [1.29, 1.82) is 0 Å². The summed E-state index contributed by atoms with van der Waals surface area (Å²) in [5.74, 6) is -0.0570. The molecule has 1 saturated carbocycles. The Morgan fingerprint density at radius 3 is 2.36 bits per heavy atom. The molecule has 1 fully saturated rings. The molecular formula is C16H24N2O3S. The van der Waals surface area contributed by atoms with Gasteiger partial charge < -0.3 is 5.32 Å². The number of hydrogen-bond donors (Lipinski definition) is 2. The minimum absolute atomic E-state index is 0.0442. The van der Waals surface area contributed by atoms with Crippen LogP contribution in [-0.4, -0.2) is 20.4 Å². The summed E-state index contributed by atoms with van der Waals surface area (Å²) in [4.78, 5) is 11.8. The first-order valence-electron chi connectivity index (χ1n) is 7.93. The summed E-state index contributed by atoms with van der Waals surface area (Å²) in [7, 11) is -3.48. The summed E-state index contributed by atoms with van der Waals surface area (Å²) >= 11 is 0. The number of nitrogens with one attached hydrogen (secondary N) is 2. The molecule has 1 aromatic rings. The van der Waals surface area contributed by atoms with Gasteiger partial charge in [-0.1, -0.05) is 26.2 Å². The fraction of sp³-hybridized carbons (Fsp3) is 0.562. The molecule has 2 rings (SSSR count). The first kappa shape index (κ1) is 17.0. The summed E-state index contributed by atoms with van der Waals surface area (Å²) in [6.07, 6.45) is 6.40. The van der Waals surface area contributed by atoms with Gasteiger partial charge in [0.05, 0.1) is 4.90 Å². The summed E-state index contributed by atoms with van der Waals surface area (Å²) < 4.78 is 27.5. The van der Waals surface area contributed by atoms with E-state index in [4.69, 9.17) is 0 Å². The van der Waals surface area contributed by atoms with Crippen molar-refractivity contribution in [3.63, 3.8) is 0 Å². The second kappa shape index (κ2) is 7.74. The summed E-state index contributed by atoms with van der Waals surface area (Å²) in [5, 5.41) is 2.75. The van der Waals surface area contributed by atoms with Crippen molar-refractivity contribution >= 4 is 21.6 Å². The molecule has 0 radical (unpaired) electrons. The Balaban J connectivity index is 2.00. The predicted octanol–water partition coefficient (Wildman–Crippen LogP) is 3.04. The molecule has 0 saturated heterocycles. The van der Waals surface area contributed by atoms with Gasteiger partial charge in [0.2, 0.25) is 15.9 Å². The Kier molecular flexibility index (Phi) is 5.97. The number of carbonyl (C=O) groups excluding carboxylic acids is 1. The van der Waals surface area contributed by atoms with Gasteiger partial charge in [-0.2, -0.15) is 0 Å². The Morgan fingerprint density at radius 1 is 1.14 bits per heavy atom. The van der Waals surface area contributed by atoms with Gasteiger partial charge in [-0.15, -0.1) is 0 Å². The van der Waals surface area contributed by atoms with E-state index in [9.17, 15) is 13.2 Å². The van der Waals surface area contributed by atoms with Gasteiger partial charge >= 0.3 is 0 Å². The van der Waals surface area contributed by atoms with Gasteiger partial charge in [0.1, 0.15) is 0 Å². The van der Waals surface area contributed by atoms with E-state index in [0.717, 1.165) is 32.1 Å². The first-order chi connectivity index (χ1) is 10.5. The maximum atomic E-state index is 12.3. The topological polar surface area (TPSA) is 75.3 Å². The highest BCUT2D eigenvalue weighted by molar-refractivity contribution is 7.89. The second-order valence-corrected chi connectivity index (χ2v) is 7.49. The predicted molar refractivity (Wildman–Crippen MR) is 87.2 cm³/mol. The Morgan fingerprint density at radius 2 is 1.77 bits per heavy atom. The molecule has 122 valence electrons. The van der Waals surface area contributed by atoms with Gasteiger partial charge in [-0.25, -0.2) is 13.1 Å². The molecule has 0 bridgehead atoms. The Labute approximate surface area is 132 Å². The van der Waals surface area contributed by atoms with Crippen molar-refractivity contribution in [2.75, 3.05) is 5.32 Å². The lowest BCUT2D eigenvalue weighted by atomic mass is 9.96. The van der Waals surface area contributed by atoms with Gasteiger partial charge in [-0.05, 0) is 43.5 Å². The number of benzene rings is 1. The molecular weight excluding hydrogens is 300 g/mol. The van der Waals surface area contributed by atoms with E-state index in [-0.39, 0.29) is 16.8 Å². The number of sulfonamides is 1. The molecule has 6 heteroatoms. The van der Waals surface area contributed by atoms with Gasteiger partial charge in [0.25, 0.3) is 0 Å².